The minimum atomic E-state index is -3.63. The van der Waals surface area contributed by atoms with Gasteiger partial charge in [-0.1, -0.05) is 18.2 Å². The summed E-state index contributed by atoms with van der Waals surface area (Å²) in [7, 11) is -3.63. The minimum Gasteiger partial charge on any atom is -0.430 e. The van der Waals surface area contributed by atoms with Gasteiger partial charge in [-0.05, 0) is 18.6 Å². The number of nitrogens with zero attached hydrogens (tertiary/aromatic N) is 2. The van der Waals surface area contributed by atoms with Gasteiger partial charge in [0.05, 0.1) is 18.3 Å². The molecule has 0 bridgehead atoms. The second-order valence-corrected chi connectivity index (χ2v) is 8.46. The van der Waals surface area contributed by atoms with Crippen molar-refractivity contribution in [2.45, 2.75) is 29.6 Å². The van der Waals surface area contributed by atoms with Crippen LogP contribution in [-0.2, 0) is 24.0 Å². The Bertz CT molecular complexity index is 982. The highest BCUT2D eigenvalue weighted by Gasteiger charge is 2.59. The molecule has 4 rings (SSSR count). The number of carbonyl (C=O) groups is 1. The lowest BCUT2D eigenvalue weighted by molar-refractivity contribution is -0.195. The second kappa shape index (κ2) is 7.12. The first-order valence-electron chi connectivity index (χ1n) is 8.61. The first kappa shape index (κ1) is 18.8. The van der Waals surface area contributed by atoms with Crippen LogP contribution in [0.5, 0.6) is 5.88 Å². The molecule has 0 saturated carbocycles. The second-order valence-electron chi connectivity index (χ2n) is 6.55. The highest BCUT2D eigenvalue weighted by atomic mass is 32.2. The van der Waals surface area contributed by atoms with Crippen LogP contribution in [0.2, 0.25) is 0 Å². The van der Waals surface area contributed by atoms with Crippen LogP contribution < -0.4 is 4.74 Å². The van der Waals surface area contributed by atoms with Crippen LogP contribution in [0.4, 0.5) is 0 Å². The Kier molecular flexibility index (Phi) is 4.77. The van der Waals surface area contributed by atoms with Crippen LogP contribution in [0, 0.1) is 0 Å². The molecule has 2 aliphatic heterocycles. The van der Waals surface area contributed by atoms with Crippen molar-refractivity contribution in [2.24, 2.45) is 0 Å². The number of ether oxygens (including phenoxy) is 4. The van der Waals surface area contributed by atoms with Crippen LogP contribution >= 0.6 is 0 Å². The molecule has 1 aromatic heterocycles. The summed E-state index contributed by atoms with van der Waals surface area (Å²) in [6.45, 7) is 0.362. The van der Waals surface area contributed by atoms with Crippen LogP contribution in [0.3, 0.4) is 0 Å². The van der Waals surface area contributed by atoms with Gasteiger partial charge in [-0.3, -0.25) is 0 Å². The summed E-state index contributed by atoms with van der Waals surface area (Å²) in [4.78, 5) is 20.3. The number of rotatable bonds is 5. The molecule has 0 N–H and O–H groups in total. The van der Waals surface area contributed by atoms with Crippen LogP contribution in [0.25, 0.3) is 0 Å². The fourth-order valence-electron chi connectivity index (χ4n) is 3.18. The number of fused-ring (bicyclic) bond motifs is 1. The molecule has 0 amide bonds. The summed E-state index contributed by atoms with van der Waals surface area (Å²) in [6, 6.07) is 9.83. The third-order valence-corrected chi connectivity index (χ3v) is 5.32. The Morgan fingerprint density at radius 2 is 2.00 bits per heavy atom. The van der Waals surface area contributed by atoms with E-state index >= 15 is 0 Å². The predicted molar refractivity (Wildman–Crippen MR) is 94.5 cm³/mol. The largest absolute Gasteiger partial charge is 0.430 e. The fourth-order valence-corrected chi connectivity index (χ4v) is 3.69. The minimum absolute atomic E-state index is 0.0592. The third-order valence-electron chi connectivity index (χ3n) is 4.46. The van der Waals surface area contributed by atoms with Crippen LogP contribution in [-0.4, -0.2) is 61.8 Å². The van der Waals surface area contributed by atoms with Crippen molar-refractivity contribution in [3.05, 3.63) is 48.2 Å². The van der Waals surface area contributed by atoms with Crippen molar-refractivity contribution < 1.29 is 32.2 Å². The van der Waals surface area contributed by atoms with E-state index in [1.165, 1.54) is 12.3 Å². The van der Waals surface area contributed by atoms with E-state index in [2.05, 4.69) is 9.97 Å². The number of hydrogen-bond acceptors (Lipinski definition) is 9. The Balaban J connectivity index is 1.66. The highest BCUT2D eigenvalue weighted by molar-refractivity contribution is 7.90. The molecule has 2 aliphatic rings. The molecule has 3 heterocycles. The van der Waals surface area contributed by atoms with Crippen molar-refractivity contribution in [1.29, 1.82) is 0 Å². The molecule has 2 saturated heterocycles. The molecular weight excluding hydrogens is 388 g/mol. The van der Waals surface area contributed by atoms with E-state index in [0.717, 1.165) is 6.26 Å². The zero-order valence-corrected chi connectivity index (χ0v) is 15.8. The summed E-state index contributed by atoms with van der Waals surface area (Å²) in [5.41, 5.74) is 0.339. The van der Waals surface area contributed by atoms with Gasteiger partial charge in [-0.15, -0.1) is 0 Å². The lowest BCUT2D eigenvalue weighted by Gasteiger charge is -2.32. The SMILES string of the molecule is CS(=O)(=O)c1nccc(O[C@]2(OC(=O)c3ccccc3)CO[C@@H]3CCO[C@H]32)n1. The van der Waals surface area contributed by atoms with Crippen molar-refractivity contribution in [1.82, 2.24) is 9.97 Å². The molecule has 2 fully saturated rings. The standard InChI is InChI=1S/C18H18N2O7S/c1-28(22,23)17-19-9-7-14(20-17)26-18(11-25-13-8-10-24-15(13)18)27-16(21)12-5-3-2-4-6-12/h2-7,9,13,15H,8,10-11H2,1H3/t13-,15-,18+/m1/s1. The average Bonchev–Trinajstić information content (AvgIpc) is 3.27. The van der Waals surface area contributed by atoms with E-state index < -0.39 is 32.9 Å². The molecule has 0 unspecified atom stereocenters. The highest BCUT2D eigenvalue weighted by Crippen LogP contribution is 2.38. The first-order chi connectivity index (χ1) is 13.4. The average molecular weight is 406 g/mol. The maximum atomic E-state index is 12.7. The fraction of sp³-hybridized carbons (Fsp3) is 0.389. The topological polar surface area (TPSA) is 114 Å². The van der Waals surface area contributed by atoms with Crippen LogP contribution in [0.1, 0.15) is 16.8 Å². The summed E-state index contributed by atoms with van der Waals surface area (Å²) in [5, 5.41) is -0.391. The van der Waals surface area contributed by atoms with E-state index in [-0.39, 0.29) is 18.6 Å². The maximum Gasteiger partial charge on any atom is 0.341 e. The molecule has 3 atom stereocenters. The Morgan fingerprint density at radius 1 is 1.21 bits per heavy atom. The van der Waals surface area contributed by atoms with Gasteiger partial charge < -0.3 is 18.9 Å². The molecule has 28 heavy (non-hydrogen) atoms. The zero-order valence-electron chi connectivity index (χ0n) is 15.0. The smallest absolute Gasteiger partial charge is 0.341 e. The number of hydrogen-bond donors (Lipinski definition) is 0. The Labute approximate surface area is 161 Å². The van der Waals surface area contributed by atoms with E-state index in [4.69, 9.17) is 18.9 Å². The van der Waals surface area contributed by atoms with Gasteiger partial charge in [0.2, 0.25) is 20.9 Å². The molecule has 1 aromatic carbocycles. The molecule has 9 nitrogen and oxygen atoms in total. The quantitative estimate of drug-likeness (QED) is 0.407. The van der Waals surface area contributed by atoms with E-state index in [9.17, 15) is 13.2 Å². The zero-order chi connectivity index (χ0) is 19.8. The van der Waals surface area contributed by atoms with Gasteiger partial charge in [-0.25, -0.2) is 18.2 Å². The number of carbonyl (C=O) groups excluding carboxylic acids is 1. The Hall–Kier alpha value is -2.56. The Morgan fingerprint density at radius 3 is 2.75 bits per heavy atom. The lowest BCUT2D eigenvalue weighted by atomic mass is 10.1. The van der Waals surface area contributed by atoms with Gasteiger partial charge in [-0.2, -0.15) is 4.98 Å². The molecule has 0 aliphatic carbocycles. The van der Waals surface area contributed by atoms with Crippen LogP contribution in [0.15, 0.2) is 47.8 Å². The summed E-state index contributed by atoms with van der Waals surface area (Å²) in [5.74, 6) is -2.26. The third kappa shape index (κ3) is 3.58. The number of aromatic nitrogens is 2. The maximum absolute atomic E-state index is 12.7. The first-order valence-corrected chi connectivity index (χ1v) is 10.5. The van der Waals surface area contributed by atoms with Crippen molar-refractivity contribution in [3.8, 4) is 5.88 Å². The lowest BCUT2D eigenvalue weighted by Crippen LogP contribution is -2.52. The molecular formula is C18H18N2O7S. The molecule has 0 spiro atoms. The molecule has 0 radical (unpaired) electrons. The predicted octanol–water partition coefficient (Wildman–Crippen LogP) is 1.000. The summed E-state index contributed by atoms with van der Waals surface area (Å²) < 4.78 is 46.5. The van der Waals surface area contributed by atoms with E-state index in [1.54, 1.807) is 30.3 Å². The molecule has 10 heteroatoms. The van der Waals surface area contributed by atoms with Gasteiger partial charge in [0.25, 0.3) is 0 Å². The summed E-state index contributed by atoms with van der Waals surface area (Å²) >= 11 is 0. The van der Waals surface area contributed by atoms with Crippen molar-refractivity contribution in [3.63, 3.8) is 0 Å². The molecule has 2 aromatic rings. The number of esters is 1. The van der Waals surface area contributed by atoms with Crippen molar-refractivity contribution in [2.75, 3.05) is 19.5 Å². The normalized spacial score (nSPS) is 26.6. The van der Waals surface area contributed by atoms with Crippen molar-refractivity contribution >= 4 is 15.8 Å². The number of sulfone groups is 1. The van der Waals surface area contributed by atoms with Gasteiger partial charge in [0.1, 0.15) is 6.61 Å². The van der Waals surface area contributed by atoms with E-state index in [0.29, 0.717) is 18.6 Å². The van der Waals surface area contributed by atoms with Gasteiger partial charge >= 0.3 is 11.8 Å². The summed E-state index contributed by atoms with van der Waals surface area (Å²) in [6.07, 6.45) is 1.94. The monoisotopic (exact) mass is 406 g/mol. The van der Waals surface area contributed by atoms with E-state index in [1.807, 2.05) is 0 Å². The van der Waals surface area contributed by atoms with Gasteiger partial charge in [0.15, 0.2) is 6.10 Å². The van der Waals surface area contributed by atoms with Gasteiger partial charge in [0, 0.05) is 18.5 Å². The molecule has 148 valence electrons. The number of benzene rings is 1.